The Bertz CT molecular complexity index is 945. The molecule has 0 amide bonds. The first-order valence-corrected chi connectivity index (χ1v) is 11.8. The molecule has 0 saturated heterocycles. The second-order valence-electron chi connectivity index (χ2n) is 10.4. The predicted molar refractivity (Wildman–Crippen MR) is 132 cm³/mol. The van der Waals surface area contributed by atoms with Crippen molar-refractivity contribution in [2.24, 2.45) is 0 Å². The van der Waals surface area contributed by atoms with E-state index in [4.69, 9.17) is 5.11 Å². The third kappa shape index (κ3) is 5.47. The molecular weight excluding hydrogens is 380 g/mol. The van der Waals surface area contributed by atoms with Gasteiger partial charge >= 0.3 is 5.97 Å². The average Bonchev–Trinajstić information content (AvgIpc) is 2.73. The van der Waals surface area contributed by atoms with Crippen molar-refractivity contribution in [1.29, 1.82) is 0 Å². The van der Waals surface area contributed by atoms with E-state index < -0.39 is 5.97 Å². The van der Waals surface area contributed by atoms with Crippen LogP contribution in [0, 0.1) is 0 Å². The SMILES string of the molecule is CCCCCCc1cc2c(cc1C=Cc1ccc(C(=O)O)cc1)C(C)(C)CCC2(C)C. The smallest absolute Gasteiger partial charge is 0.335 e. The lowest BCUT2D eigenvalue weighted by atomic mass is 9.62. The van der Waals surface area contributed by atoms with Crippen LogP contribution in [0.5, 0.6) is 0 Å². The first-order valence-electron chi connectivity index (χ1n) is 11.8. The molecule has 0 atom stereocenters. The Hall–Kier alpha value is -2.35. The van der Waals surface area contributed by atoms with Crippen molar-refractivity contribution in [3.63, 3.8) is 0 Å². The molecule has 2 heteroatoms. The Morgan fingerprint density at radius 2 is 1.52 bits per heavy atom. The van der Waals surface area contributed by atoms with Crippen molar-refractivity contribution < 1.29 is 9.90 Å². The molecule has 1 aliphatic carbocycles. The summed E-state index contributed by atoms with van der Waals surface area (Å²) in [6.45, 7) is 11.8. The van der Waals surface area contributed by atoms with Crippen LogP contribution in [0.1, 0.15) is 111 Å². The van der Waals surface area contributed by atoms with Crippen LogP contribution < -0.4 is 0 Å². The highest BCUT2D eigenvalue weighted by molar-refractivity contribution is 5.88. The number of aryl methyl sites for hydroxylation is 1. The number of carboxylic acid groups (broad SMARTS) is 1. The molecule has 2 aromatic carbocycles. The molecule has 0 bridgehead atoms. The zero-order chi connectivity index (χ0) is 22.6. The van der Waals surface area contributed by atoms with Gasteiger partial charge in [-0.25, -0.2) is 4.79 Å². The van der Waals surface area contributed by atoms with Crippen LogP contribution in [0.2, 0.25) is 0 Å². The van der Waals surface area contributed by atoms with Gasteiger partial charge in [-0.2, -0.15) is 0 Å². The molecule has 3 rings (SSSR count). The van der Waals surface area contributed by atoms with Gasteiger partial charge in [-0.15, -0.1) is 0 Å². The second-order valence-corrected chi connectivity index (χ2v) is 10.4. The lowest BCUT2D eigenvalue weighted by Gasteiger charge is -2.42. The molecule has 0 saturated carbocycles. The lowest BCUT2D eigenvalue weighted by molar-refractivity contribution is 0.0697. The number of benzene rings is 2. The lowest BCUT2D eigenvalue weighted by Crippen LogP contribution is -2.34. The van der Waals surface area contributed by atoms with Crippen LogP contribution in [0.4, 0.5) is 0 Å². The number of rotatable bonds is 8. The molecule has 0 radical (unpaired) electrons. The summed E-state index contributed by atoms with van der Waals surface area (Å²) >= 11 is 0. The summed E-state index contributed by atoms with van der Waals surface area (Å²) in [5.74, 6) is -0.885. The van der Waals surface area contributed by atoms with Crippen molar-refractivity contribution in [3.8, 4) is 0 Å². The zero-order valence-electron chi connectivity index (χ0n) is 19.9. The van der Waals surface area contributed by atoms with Crippen molar-refractivity contribution in [2.75, 3.05) is 0 Å². The van der Waals surface area contributed by atoms with Gasteiger partial charge in [-0.05, 0) is 76.5 Å². The fourth-order valence-corrected chi connectivity index (χ4v) is 4.71. The van der Waals surface area contributed by atoms with E-state index in [1.165, 1.54) is 60.8 Å². The molecule has 166 valence electrons. The minimum Gasteiger partial charge on any atom is -0.478 e. The number of carbonyl (C=O) groups is 1. The second kappa shape index (κ2) is 9.42. The summed E-state index contributed by atoms with van der Waals surface area (Å²) in [4.78, 5) is 11.1. The molecule has 2 nitrogen and oxygen atoms in total. The van der Waals surface area contributed by atoms with Gasteiger partial charge in [0.2, 0.25) is 0 Å². The molecule has 0 spiro atoms. The van der Waals surface area contributed by atoms with Gasteiger partial charge < -0.3 is 5.11 Å². The van der Waals surface area contributed by atoms with E-state index >= 15 is 0 Å². The number of hydrogen-bond donors (Lipinski definition) is 1. The topological polar surface area (TPSA) is 37.3 Å². The number of aromatic carboxylic acids is 1. The predicted octanol–water partition coefficient (Wildman–Crippen LogP) is 8.03. The molecular formula is C29H38O2. The minimum absolute atomic E-state index is 0.192. The fraction of sp³-hybridized carbons (Fsp3) is 0.483. The number of hydrogen-bond acceptors (Lipinski definition) is 1. The summed E-state index contributed by atoms with van der Waals surface area (Å²) in [5.41, 5.74) is 7.53. The summed E-state index contributed by atoms with van der Waals surface area (Å²) < 4.78 is 0. The van der Waals surface area contributed by atoms with E-state index in [1.54, 1.807) is 12.1 Å². The first kappa shape index (κ1) is 23.3. The maximum atomic E-state index is 11.1. The first-order chi connectivity index (χ1) is 14.6. The summed E-state index contributed by atoms with van der Waals surface area (Å²) in [6, 6.07) is 12.0. The van der Waals surface area contributed by atoms with Gasteiger partial charge in [0.05, 0.1) is 5.56 Å². The van der Waals surface area contributed by atoms with Crippen LogP contribution in [0.3, 0.4) is 0 Å². The van der Waals surface area contributed by atoms with Crippen molar-refractivity contribution in [1.82, 2.24) is 0 Å². The summed E-state index contributed by atoms with van der Waals surface area (Å²) in [5, 5.41) is 9.13. The van der Waals surface area contributed by atoms with Gasteiger partial charge in [-0.3, -0.25) is 0 Å². The van der Waals surface area contributed by atoms with Crippen molar-refractivity contribution in [2.45, 2.75) is 90.4 Å². The summed E-state index contributed by atoms with van der Waals surface area (Å²) in [7, 11) is 0. The van der Waals surface area contributed by atoms with Crippen molar-refractivity contribution >= 4 is 18.1 Å². The normalized spacial score (nSPS) is 16.9. The molecule has 0 fully saturated rings. The minimum atomic E-state index is -0.885. The van der Waals surface area contributed by atoms with Crippen LogP contribution >= 0.6 is 0 Å². The Balaban J connectivity index is 1.98. The van der Waals surface area contributed by atoms with E-state index in [1.807, 2.05) is 12.1 Å². The highest BCUT2D eigenvalue weighted by Crippen LogP contribution is 2.46. The maximum Gasteiger partial charge on any atom is 0.335 e. The Morgan fingerprint density at radius 3 is 2.10 bits per heavy atom. The monoisotopic (exact) mass is 418 g/mol. The number of fused-ring (bicyclic) bond motifs is 1. The van der Waals surface area contributed by atoms with E-state index in [9.17, 15) is 4.79 Å². The van der Waals surface area contributed by atoms with Gasteiger partial charge in [0.1, 0.15) is 0 Å². The third-order valence-electron chi connectivity index (χ3n) is 7.03. The Morgan fingerprint density at radius 1 is 0.903 bits per heavy atom. The van der Waals surface area contributed by atoms with E-state index in [0.29, 0.717) is 5.56 Å². The third-order valence-corrected chi connectivity index (χ3v) is 7.03. The molecule has 0 aromatic heterocycles. The molecule has 1 N–H and O–H groups in total. The Kier molecular flexibility index (Phi) is 7.09. The molecule has 31 heavy (non-hydrogen) atoms. The van der Waals surface area contributed by atoms with E-state index in [2.05, 4.69) is 58.9 Å². The van der Waals surface area contributed by atoms with Gasteiger partial charge in [-0.1, -0.05) is 90.3 Å². The molecule has 0 unspecified atom stereocenters. The van der Waals surface area contributed by atoms with Crippen LogP contribution in [-0.4, -0.2) is 11.1 Å². The molecule has 0 aliphatic heterocycles. The van der Waals surface area contributed by atoms with Gasteiger partial charge in [0, 0.05) is 0 Å². The highest BCUT2D eigenvalue weighted by atomic mass is 16.4. The van der Waals surface area contributed by atoms with Crippen LogP contribution in [0.15, 0.2) is 36.4 Å². The fourth-order valence-electron chi connectivity index (χ4n) is 4.71. The zero-order valence-corrected chi connectivity index (χ0v) is 19.9. The Labute approximate surface area is 188 Å². The largest absolute Gasteiger partial charge is 0.478 e. The highest BCUT2D eigenvalue weighted by Gasteiger charge is 2.37. The number of unbranched alkanes of at least 4 members (excludes halogenated alkanes) is 3. The average molecular weight is 419 g/mol. The maximum absolute atomic E-state index is 11.1. The standard InChI is InChI=1S/C29H38O2/c1-6-7-8-9-10-23-19-25-26(29(4,5)18-17-28(25,2)3)20-24(23)16-13-21-11-14-22(15-12-21)27(30)31/h11-16,19-20H,6-10,17-18H2,1-5H3,(H,30,31). The quantitative estimate of drug-likeness (QED) is 0.348. The van der Waals surface area contributed by atoms with E-state index in [0.717, 1.165) is 12.0 Å². The summed E-state index contributed by atoms with van der Waals surface area (Å²) in [6.07, 6.45) is 13.0. The van der Waals surface area contributed by atoms with Gasteiger partial charge in [0.15, 0.2) is 0 Å². The molecule has 0 heterocycles. The molecule has 1 aliphatic rings. The van der Waals surface area contributed by atoms with Gasteiger partial charge in [0.25, 0.3) is 0 Å². The van der Waals surface area contributed by atoms with Crippen LogP contribution in [-0.2, 0) is 17.3 Å². The van der Waals surface area contributed by atoms with Crippen molar-refractivity contribution in [3.05, 3.63) is 69.8 Å². The van der Waals surface area contributed by atoms with Crippen LogP contribution in [0.25, 0.3) is 12.2 Å². The number of carboxylic acids is 1. The molecule has 2 aromatic rings. The van der Waals surface area contributed by atoms with E-state index in [-0.39, 0.29) is 10.8 Å².